The summed E-state index contributed by atoms with van der Waals surface area (Å²) in [7, 11) is 0. The zero-order chi connectivity index (χ0) is 26.5. The van der Waals surface area contributed by atoms with Crippen molar-refractivity contribution in [3.63, 3.8) is 0 Å². The first-order chi connectivity index (χ1) is 17.1. The van der Waals surface area contributed by atoms with E-state index in [4.69, 9.17) is 10.8 Å². The van der Waals surface area contributed by atoms with Gasteiger partial charge in [-0.05, 0) is 29.7 Å². The first-order valence-corrected chi connectivity index (χ1v) is 11.0. The highest BCUT2D eigenvalue weighted by atomic mass is 16.4. The number of amides is 4. The molecule has 0 aliphatic heterocycles. The van der Waals surface area contributed by atoms with Gasteiger partial charge >= 0.3 is 5.97 Å². The lowest BCUT2D eigenvalue weighted by Gasteiger charge is -2.19. The highest BCUT2D eigenvalue weighted by Gasteiger charge is 2.23. The minimum atomic E-state index is -1.23. The van der Waals surface area contributed by atoms with E-state index in [1.165, 1.54) is 12.1 Å². The number of phenolic OH excluding ortho intramolecular Hbond substituents is 1. The minimum absolute atomic E-state index is 0.0865. The van der Waals surface area contributed by atoms with E-state index >= 15 is 0 Å². The summed E-state index contributed by atoms with van der Waals surface area (Å²) in [5, 5.41) is 27.4. The van der Waals surface area contributed by atoms with E-state index in [0.29, 0.717) is 0 Å². The van der Waals surface area contributed by atoms with Crippen LogP contribution >= 0.6 is 0 Å². The van der Waals surface area contributed by atoms with Crippen LogP contribution in [-0.2, 0) is 36.8 Å². The van der Waals surface area contributed by atoms with Crippen LogP contribution in [0, 0.1) is 0 Å². The van der Waals surface area contributed by atoms with Gasteiger partial charge in [-0.1, -0.05) is 42.5 Å². The second-order valence-electron chi connectivity index (χ2n) is 7.89. The van der Waals surface area contributed by atoms with Gasteiger partial charge in [-0.25, -0.2) is 0 Å². The molecule has 0 spiro atoms. The standard InChI is InChI=1S/C24H29N5O7/c25-18(10-16-6-8-17(30)9-7-16)23(35)27-13-21(32)29-19(11-15-4-2-1-3-5-15)24(36)28-12-20(31)26-14-22(33)34/h1-9,18-19,30H,10-14,25H2,(H,26,31)(H,27,35)(H,28,36)(H,29,32)(H,33,34)/t18-,19-/m0/s1. The number of rotatable bonds is 13. The van der Waals surface area contributed by atoms with Crippen LogP contribution in [0.4, 0.5) is 0 Å². The zero-order valence-corrected chi connectivity index (χ0v) is 19.4. The van der Waals surface area contributed by atoms with Crippen molar-refractivity contribution in [2.24, 2.45) is 5.73 Å². The van der Waals surface area contributed by atoms with Crippen molar-refractivity contribution in [1.29, 1.82) is 0 Å². The molecule has 2 aromatic carbocycles. The summed E-state index contributed by atoms with van der Waals surface area (Å²) >= 11 is 0. The first kappa shape index (κ1) is 27.8. The highest BCUT2D eigenvalue weighted by molar-refractivity contribution is 5.93. The van der Waals surface area contributed by atoms with Gasteiger partial charge in [0.15, 0.2) is 0 Å². The van der Waals surface area contributed by atoms with Crippen molar-refractivity contribution in [3.05, 3.63) is 65.7 Å². The molecule has 4 amide bonds. The van der Waals surface area contributed by atoms with Gasteiger partial charge in [-0.3, -0.25) is 24.0 Å². The van der Waals surface area contributed by atoms with E-state index in [0.717, 1.165) is 11.1 Å². The maximum atomic E-state index is 12.7. The number of benzene rings is 2. The van der Waals surface area contributed by atoms with Gasteiger partial charge in [0, 0.05) is 6.42 Å². The number of hydrogen-bond acceptors (Lipinski definition) is 7. The molecule has 2 aromatic rings. The Labute approximate surface area is 207 Å². The molecule has 0 unspecified atom stereocenters. The molecule has 12 heteroatoms. The molecule has 192 valence electrons. The zero-order valence-electron chi connectivity index (χ0n) is 19.4. The molecular weight excluding hydrogens is 470 g/mol. The van der Waals surface area contributed by atoms with E-state index in [9.17, 15) is 29.1 Å². The third-order valence-electron chi connectivity index (χ3n) is 4.95. The van der Waals surface area contributed by atoms with E-state index in [1.54, 1.807) is 42.5 Å². The Bertz CT molecular complexity index is 1060. The third-order valence-corrected chi connectivity index (χ3v) is 4.95. The number of carboxylic acids is 1. The van der Waals surface area contributed by atoms with Crippen LogP contribution in [0.3, 0.4) is 0 Å². The van der Waals surface area contributed by atoms with Crippen LogP contribution in [0.2, 0.25) is 0 Å². The van der Waals surface area contributed by atoms with E-state index in [1.807, 2.05) is 0 Å². The van der Waals surface area contributed by atoms with Crippen molar-refractivity contribution >= 4 is 29.6 Å². The fourth-order valence-electron chi connectivity index (χ4n) is 3.11. The van der Waals surface area contributed by atoms with E-state index < -0.39 is 61.3 Å². The topological polar surface area (TPSA) is 200 Å². The number of nitrogens with two attached hydrogens (primary N) is 1. The normalized spacial score (nSPS) is 12.0. The monoisotopic (exact) mass is 499 g/mol. The number of carbonyl (C=O) groups excluding carboxylic acids is 4. The molecule has 0 bridgehead atoms. The van der Waals surface area contributed by atoms with Gasteiger partial charge in [-0.2, -0.15) is 0 Å². The Kier molecular flexibility index (Phi) is 10.9. The van der Waals surface area contributed by atoms with Crippen LogP contribution in [0.5, 0.6) is 5.75 Å². The second kappa shape index (κ2) is 14.1. The van der Waals surface area contributed by atoms with Crippen molar-refractivity contribution in [2.45, 2.75) is 24.9 Å². The van der Waals surface area contributed by atoms with Gasteiger partial charge in [0.25, 0.3) is 0 Å². The van der Waals surface area contributed by atoms with Gasteiger partial charge in [0.2, 0.25) is 23.6 Å². The molecular formula is C24H29N5O7. The summed E-state index contributed by atoms with van der Waals surface area (Å²) in [6, 6.07) is 13.1. The van der Waals surface area contributed by atoms with Gasteiger partial charge < -0.3 is 37.2 Å². The molecule has 0 saturated heterocycles. The first-order valence-electron chi connectivity index (χ1n) is 11.0. The molecule has 0 aliphatic rings. The summed E-state index contributed by atoms with van der Waals surface area (Å²) < 4.78 is 0. The maximum Gasteiger partial charge on any atom is 0.322 e. The van der Waals surface area contributed by atoms with Crippen LogP contribution < -0.4 is 27.0 Å². The SMILES string of the molecule is N[C@@H](Cc1ccc(O)cc1)C(=O)NCC(=O)N[C@@H](Cc1ccccc1)C(=O)NCC(=O)NCC(=O)O. The number of phenols is 1. The Morgan fingerprint density at radius 1 is 0.722 bits per heavy atom. The summed E-state index contributed by atoms with van der Waals surface area (Å²) in [4.78, 5) is 59.6. The van der Waals surface area contributed by atoms with E-state index in [-0.39, 0.29) is 18.6 Å². The van der Waals surface area contributed by atoms with E-state index in [2.05, 4.69) is 21.3 Å². The Balaban J connectivity index is 1.90. The predicted octanol–water partition coefficient (Wildman–Crippen LogP) is -1.58. The molecule has 0 saturated carbocycles. The molecule has 0 radical (unpaired) electrons. The van der Waals surface area contributed by atoms with Crippen LogP contribution in [0.25, 0.3) is 0 Å². The Hall–Kier alpha value is -4.45. The highest BCUT2D eigenvalue weighted by Crippen LogP contribution is 2.11. The number of aromatic hydroxyl groups is 1. The summed E-state index contributed by atoms with van der Waals surface area (Å²) in [6.07, 6.45) is 0.306. The molecule has 2 atom stereocenters. The Morgan fingerprint density at radius 3 is 1.94 bits per heavy atom. The molecule has 8 N–H and O–H groups in total. The lowest BCUT2D eigenvalue weighted by Crippen LogP contribution is -2.53. The number of carboxylic acid groups (broad SMARTS) is 1. The smallest absolute Gasteiger partial charge is 0.322 e. The summed E-state index contributed by atoms with van der Waals surface area (Å²) in [6.45, 7) is -1.50. The van der Waals surface area contributed by atoms with Crippen molar-refractivity contribution in [2.75, 3.05) is 19.6 Å². The molecule has 0 heterocycles. The second-order valence-corrected chi connectivity index (χ2v) is 7.89. The molecule has 0 aromatic heterocycles. The quantitative estimate of drug-likeness (QED) is 0.171. The average molecular weight is 500 g/mol. The van der Waals surface area contributed by atoms with Crippen LogP contribution in [-0.4, -0.2) is 71.5 Å². The molecule has 12 nitrogen and oxygen atoms in total. The van der Waals surface area contributed by atoms with Crippen molar-refractivity contribution in [1.82, 2.24) is 21.3 Å². The Morgan fingerprint density at radius 2 is 1.31 bits per heavy atom. The average Bonchev–Trinajstić information content (AvgIpc) is 2.86. The number of carbonyl (C=O) groups is 5. The fourth-order valence-corrected chi connectivity index (χ4v) is 3.11. The summed E-state index contributed by atoms with van der Waals surface area (Å²) in [5.74, 6) is -3.72. The van der Waals surface area contributed by atoms with Crippen molar-refractivity contribution < 1.29 is 34.2 Å². The number of aliphatic carboxylic acids is 1. The predicted molar refractivity (Wildman–Crippen MR) is 129 cm³/mol. The van der Waals surface area contributed by atoms with Gasteiger partial charge in [0.05, 0.1) is 19.1 Å². The molecule has 0 fully saturated rings. The van der Waals surface area contributed by atoms with Crippen LogP contribution in [0.1, 0.15) is 11.1 Å². The maximum absolute atomic E-state index is 12.7. The van der Waals surface area contributed by atoms with Crippen molar-refractivity contribution in [3.8, 4) is 5.75 Å². The third kappa shape index (κ3) is 10.2. The minimum Gasteiger partial charge on any atom is -0.508 e. The van der Waals surface area contributed by atoms with Gasteiger partial charge in [-0.15, -0.1) is 0 Å². The number of nitrogens with one attached hydrogen (secondary N) is 4. The lowest BCUT2D eigenvalue weighted by molar-refractivity contribution is -0.138. The molecule has 2 rings (SSSR count). The largest absolute Gasteiger partial charge is 0.508 e. The molecule has 0 aliphatic carbocycles. The van der Waals surface area contributed by atoms with Crippen LogP contribution in [0.15, 0.2) is 54.6 Å². The summed E-state index contributed by atoms with van der Waals surface area (Å²) in [5.41, 5.74) is 7.36. The molecule has 36 heavy (non-hydrogen) atoms. The fraction of sp³-hybridized carbons (Fsp3) is 0.292. The number of hydrogen-bond donors (Lipinski definition) is 7. The lowest BCUT2D eigenvalue weighted by atomic mass is 10.0. The van der Waals surface area contributed by atoms with Gasteiger partial charge in [0.1, 0.15) is 18.3 Å².